The topological polar surface area (TPSA) is 77.8 Å². The average molecular weight is 375 g/mol. The van der Waals surface area contributed by atoms with Crippen molar-refractivity contribution < 1.29 is 20.1 Å². The number of hydrogen-bond donors (Lipinski definition) is 3. The van der Waals surface area contributed by atoms with Gasteiger partial charge in [0.2, 0.25) is 0 Å². The Kier molecular flexibility index (Phi) is 6.33. The van der Waals surface area contributed by atoms with Gasteiger partial charge in [0.15, 0.2) is 0 Å². The minimum absolute atomic E-state index is 0.00624. The number of aliphatic carboxylic acids is 1. The third-order valence-electron chi connectivity index (χ3n) is 7.40. The molecular weight excluding hydrogens is 340 g/mol. The van der Waals surface area contributed by atoms with Gasteiger partial charge < -0.3 is 15.3 Å². The fraction of sp³-hybridized carbons (Fsp3) is 0.783. The predicted octanol–water partition coefficient (Wildman–Crippen LogP) is 3.77. The SMILES string of the molecule is C[C@H]1/C(=C\CCC(=O)O)[C@]2(C)CC[C@H](O)[C@@H](C#C[C@@H](O)C3CCCCC3)[C@H]12. The summed E-state index contributed by atoms with van der Waals surface area (Å²) in [5, 5.41) is 30.0. The van der Waals surface area contributed by atoms with Crippen molar-refractivity contribution in [2.75, 3.05) is 0 Å². The molecule has 0 amide bonds. The van der Waals surface area contributed by atoms with E-state index in [0.717, 1.165) is 25.7 Å². The molecule has 0 saturated heterocycles. The monoisotopic (exact) mass is 374 g/mol. The first-order chi connectivity index (χ1) is 12.8. The zero-order valence-corrected chi connectivity index (χ0v) is 16.7. The largest absolute Gasteiger partial charge is 0.481 e. The molecule has 27 heavy (non-hydrogen) atoms. The van der Waals surface area contributed by atoms with Crippen LogP contribution in [0.25, 0.3) is 0 Å². The summed E-state index contributed by atoms with van der Waals surface area (Å²) in [6.07, 6.45) is 9.18. The third kappa shape index (κ3) is 4.10. The number of allylic oxidation sites excluding steroid dienone is 2. The normalized spacial score (nSPS) is 39.0. The van der Waals surface area contributed by atoms with Crippen LogP contribution in [0.15, 0.2) is 11.6 Å². The van der Waals surface area contributed by atoms with Crippen LogP contribution in [0.5, 0.6) is 0 Å². The van der Waals surface area contributed by atoms with Crippen molar-refractivity contribution in [2.45, 2.75) is 83.8 Å². The Morgan fingerprint density at radius 1 is 1.30 bits per heavy atom. The Morgan fingerprint density at radius 2 is 2.00 bits per heavy atom. The molecule has 0 spiro atoms. The van der Waals surface area contributed by atoms with E-state index in [1.807, 2.05) is 0 Å². The maximum absolute atomic E-state index is 10.8. The molecule has 4 heteroatoms. The van der Waals surface area contributed by atoms with Gasteiger partial charge in [-0.25, -0.2) is 0 Å². The number of carboxylic acid groups (broad SMARTS) is 1. The highest BCUT2D eigenvalue weighted by molar-refractivity contribution is 5.66. The summed E-state index contributed by atoms with van der Waals surface area (Å²) in [4.78, 5) is 10.8. The minimum atomic E-state index is -0.764. The molecular formula is C23H34O4. The Bertz CT molecular complexity index is 636. The molecule has 3 rings (SSSR count). The molecule has 0 aromatic rings. The minimum Gasteiger partial charge on any atom is -0.481 e. The van der Waals surface area contributed by atoms with Crippen LogP contribution >= 0.6 is 0 Å². The van der Waals surface area contributed by atoms with Gasteiger partial charge in [-0.15, -0.1) is 0 Å². The second-order valence-electron chi connectivity index (χ2n) is 9.09. The molecule has 0 aromatic heterocycles. The van der Waals surface area contributed by atoms with Crippen molar-refractivity contribution in [3.8, 4) is 11.8 Å². The molecule has 3 aliphatic carbocycles. The van der Waals surface area contributed by atoms with E-state index in [9.17, 15) is 15.0 Å². The number of hydrogen-bond acceptors (Lipinski definition) is 3. The Balaban J connectivity index is 1.71. The Labute approximate surface area is 163 Å². The molecule has 4 nitrogen and oxygen atoms in total. The summed E-state index contributed by atoms with van der Waals surface area (Å²) < 4.78 is 0. The van der Waals surface area contributed by atoms with Gasteiger partial charge in [-0.2, -0.15) is 0 Å². The average Bonchev–Trinajstić information content (AvgIpc) is 2.65. The van der Waals surface area contributed by atoms with Gasteiger partial charge in [-0.1, -0.05) is 56.6 Å². The lowest BCUT2D eigenvalue weighted by Crippen LogP contribution is -2.56. The quantitative estimate of drug-likeness (QED) is 0.517. The Hall–Kier alpha value is -1.31. The van der Waals surface area contributed by atoms with Gasteiger partial charge in [0.05, 0.1) is 12.0 Å². The zero-order chi connectivity index (χ0) is 19.6. The first kappa shape index (κ1) is 20.4. The van der Waals surface area contributed by atoms with Crippen LogP contribution in [0.3, 0.4) is 0 Å². The van der Waals surface area contributed by atoms with Crippen molar-refractivity contribution in [3.63, 3.8) is 0 Å². The highest BCUT2D eigenvalue weighted by Gasteiger charge is 2.58. The molecule has 0 aromatic carbocycles. The van der Waals surface area contributed by atoms with Crippen LogP contribution in [0.1, 0.15) is 71.6 Å². The molecule has 0 radical (unpaired) electrons. The fourth-order valence-electron chi connectivity index (χ4n) is 5.95. The summed E-state index contributed by atoms with van der Waals surface area (Å²) in [6.45, 7) is 4.41. The second-order valence-corrected chi connectivity index (χ2v) is 9.09. The highest BCUT2D eigenvalue weighted by atomic mass is 16.4. The van der Waals surface area contributed by atoms with Crippen LogP contribution in [0.4, 0.5) is 0 Å². The van der Waals surface area contributed by atoms with Crippen LogP contribution < -0.4 is 0 Å². The lowest BCUT2D eigenvalue weighted by atomic mass is 9.43. The van der Waals surface area contributed by atoms with Gasteiger partial charge in [0.25, 0.3) is 0 Å². The number of rotatable bonds is 4. The summed E-state index contributed by atoms with van der Waals surface area (Å²) in [7, 11) is 0. The van der Waals surface area contributed by atoms with E-state index in [0.29, 0.717) is 12.3 Å². The van der Waals surface area contributed by atoms with E-state index < -0.39 is 18.2 Å². The van der Waals surface area contributed by atoms with Crippen LogP contribution in [-0.2, 0) is 4.79 Å². The molecule has 3 aliphatic rings. The molecule has 6 atom stereocenters. The van der Waals surface area contributed by atoms with E-state index in [4.69, 9.17) is 5.11 Å². The van der Waals surface area contributed by atoms with Crippen molar-refractivity contribution in [1.82, 2.24) is 0 Å². The molecule has 0 aliphatic heterocycles. The zero-order valence-electron chi connectivity index (χ0n) is 16.7. The standard InChI is InChI=1S/C23H34O4/c1-15-18(9-6-10-21(26)27)23(2)14-13-20(25)17(22(15)23)11-12-19(24)16-7-4-3-5-8-16/h9,15-17,19-20,22,24-25H,3-8,10,13-14H2,1-2H3,(H,26,27)/b18-9+/t15-,17+,19+,20-,22-,23-/m0/s1. The van der Waals surface area contributed by atoms with Crippen LogP contribution in [-0.4, -0.2) is 33.5 Å². The number of carbonyl (C=O) groups is 1. The highest BCUT2D eigenvalue weighted by Crippen LogP contribution is 2.64. The molecule has 3 fully saturated rings. The molecule has 0 unspecified atom stereocenters. The molecule has 3 saturated carbocycles. The van der Waals surface area contributed by atoms with Gasteiger partial charge >= 0.3 is 5.97 Å². The molecule has 0 heterocycles. The van der Waals surface area contributed by atoms with Crippen LogP contribution in [0.2, 0.25) is 0 Å². The lowest BCUT2D eigenvalue weighted by molar-refractivity contribution is -0.136. The smallest absolute Gasteiger partial charge is 0.303 e. The van der Waals surface area contributed by atoms with E-state index in [-0.39, 0.29) is 29.6 Å². The van der Waals surface area contributed by atoms with Gasteiger partial charge in [0, 0.05) is 6.42 Å². The molecule has 150 valence electrons. The van der Waals surface area contributed by atoms with Gasteiger partial charge in [-0.3, -0.25) is 4.79 Å². The number of carboxylic acids is 1. The summed E-state index contributed by atoms with van der Waals surface area (Å²) in [5.74, 6) is 6.38. The van der Waals surface area contributed by atoms with Crippen molar-refractivity contribution >= 4 is 5.97 Å². The maximum Gasteiger partial charge on any atom is 0.303 e. The Morgan fingerprint density at radius 3 is 2.67 bits per heavy atom. The number of aliphatic hydroxyl groups is 2. The number of fused-ring (bicyclic) bond motifs is 1. The second kappa shape index (κ2) is 8.37. The summed E-state index contributed by atoms with van der Waals surface area (Å²) in [5.41, 5.74) is 1.34. The first-order valence-electron chi connectivity index (χ1n) is 10.6. The van der Waals surface area contributed by atoms with Gasteiger partial charge in [-0.05, 0) is 55.3 Å². The molecule has 3 N–H and O–H groups in total. The summed E-state index contributed by atoms with van der Waals surface area (Å²) >= 11 is 0. The van der Waals surface area contributed by atoms with E-state index in [1.165, 1.54) is 24.8 Å². The third-order valence-corrected chi connectivity index (χ3v) is 7.40. The van der Waals surface area contributed by atoms with Gasteiger partial charge in [0.1, 0.15) is 6.10 Å². The van der Waals surface area contributed by atoms with Crippen LogP contribution in [0, 0.1) is 40.9 Å². The van der Waals surface area contributed by atoms with Crippen molar-refractivity contribution in [2.24, 2.45) is 29.1 Å². The number of aliphatic hydroxyl groups excluding tert-OH is 2. The summed E-state index contributed by atoms with van der Waals surface area (Å²) in [6, 6.07) is 0. The van der Waals surface area contributed by atoms with E-state index in [2.05, 4.69) is 31.8 Å². The van der Waals surface area contributed by atoms with E-state index >= 15 is 0 Å². The fourth-order valence-corrected chi connectivity index (χ4v) is 5.95. The predicted molar refractivity (Wildman–Crippen MR) is 105 cm³/mol. The molecule has 0 bridgehead atoms. The lowest BCUT2D eigenvalue weighted by Gasteiger charge is -2.61. The first-order valence-corrected chi connectivity index (χ1v) is 10.6. The maximum atomic E-state index is 10.8. The van der Waals surface area contributed by atoms with Crippen molar-refractivity contribution in [3.05, 3.63) is 11.6 Å². The van der Waals surface area contributed by atoms with E-state index in [1.54, 1.807) is 0 Å². The van der Waals surface area contributed by atoms with Crippen molar-refractivity contribution in [1.29, 1.82) is 0 Å².